The van der Waals surface area contributed by atoms with Crippen molar-refractivity contribution < 1.29 is 4.92 Å². The van der Waals surface area contributed by atoms with E-state index in [9.17, 15) is 10.1 Å². The molecule has 0 spiro atoms. The molecule has 0 saturated carbocycles. The summed E-state index contributed by atoms with van der Waals surface area (Å²) in [6.45, 7) is 2.11. The predicted octanol–water partition coefficient (Wildman–Crippen LogP) is 2.82. The number of anilines is 2. The second kappa shape index (κ2) is 6.49. The lowest BCUT2D eigenvalue weighted by molar-refractivity contribution is -0.384. The van der Waals surface area contributed by atoms with Crippen LogP contribution in [-0.2, 0) is 0 Å². The number of non-ortho nitro benzene ring substituents is 1. The molecule has 0 heterocycles. The molecule has 5 nitrogen and oxygen atoms in total. The molecule has 0 saturated heterocycles. The van der Waals surface area contributed by atoms with Gasteiger partial charge in [-0.25, -0.2) is 0 Å². The van der Waals surface area contributed by atoms with Gasteiger partial charge in [-0.15, -0.1) is 0 Å². The topological polar surface area (TPSA) is 58.4 Å². The van der Waals surface area contributed by atoms with Crippen molar-refractivity contribution in [1.82, 2.24) is 0 Å². The van der Waals surface area contributed by atoms with Gasteiger partial charge in [0.25, 0.3) is 5.69 Å². The Bertz CT molecular complexity index is 426. The molecule has 1 N–H and O–H groups in total. The average molecular weight is 269 g/mol. The SMILES string of the molecule is CNc1cc(N(C)C(C)CSC)cc([N+](=O)[O-])c1. The summed E-state index contributed by atoms with van der Waals surface area (Å²) in [5.74, 6) is 0.980. The van der Waals surface area contributed by atoms with Gasteiger partial charge in [0.15, 0.2) is 0 Å². The fourth-order valence-corrected chi connectivity index (χ4v) is 2.36. The second-order valence-corrected chi connectivity index (χ2v) is 5.07. The number of hydrogen-bond donors (Lipinski definition) is 1. The van der Waals surface area contributed by atoms with Crippen LogP contribution in [0.1, 0.15) is 6.92 Å². The van der Waals surface area contributed by atoms with E-state index in [0.29, 0.717) is 6.04 Å². The minimum atomic E-state index is -0.364. The molecule has 6 heteroatoms. The number of thioether (sulfide) groups is 1. The zero-order valence-corrected chi connectivity index (χ0v) is 12.0. The lowest BCUT2D eigenvalue weighted by Gasteiger charge is -2.26. The number of nitro benzene ring substituents is 1. The van der Waals surface area contributed by atoms with Gasteiger partial charge < -0.3 is 10.2 Å². The first-order valence-electron chi connectivity index (χ1n) is 5.68. The third-order valence-electron chi connectivity index (χ3n) is 2.88. The maximum atomic E-state index is 10.9. The number of hydrogen-bond acceptors (Lipinski definition) is 5. The summed E-state index contributed by atoms with van der Waals surface area (Å²) >= 11 is 1.76. The molecule has 100 valence electrons. The molecule has 0 aliphatic carbocycles. The number of nitrogens with zero attached hydrogens (tertiary/aromatic N) is 2. The van der Waals surface area contributed by atoms with Crippen molar-refractivity contribution in [3.63, 3.8) is 0 Å². The number of rotatable bonds is 6. The van der Waals surface area contributed by atoms with Gasteiger partial charge in [-0.2, -0.15) is 11.8 Å². The largest absolute Gasteiger partial charge is 0.388 e. The summed E-state index contributed by atoms with van der Waals surface area (Å²) in [6, 6.07) is 5.39. The van der Waals surface area contributed by atoms with Crippen LogP contribution in [0.4, 0.5) is 17.1 Å². The quantitative estimate of drug-likeness (QED) is 0.635. The highest BCUT2D eigenvalue weighted by atomic mass is 32.2. The Hall–Kier alpha value is -1.43. The number of benzene rings is 1. The maximum absolute atomic E-state index is 10.9. The van der Waals surface area contributed by atoms with E-state index in [0.717, 1.165) is 17.1 Å². The van der Waals surface area contributed by atoms with Crippen LogP contribution < -0.4 is 10.2 Å². The van der Waals surface area contributed by atoms with Crippen LogP contribution in [0, 0.1) is 10.1 Å². The highest BCUT2D eigenvalue weighted by Gasteiger charge is 2.15. The van der Waals surface area contributed by atoms with Crippen molar-refractivity contribution in [3.8, 4) is 0 Å². The van der Waals surface area contributed by atoms with E-state index < -0.39 is 0 Å². The molecule has 1 unspecified atom stereocenters. The zero-order valence-electron chi connectivity index (χ0n) is 11.1. The highest BCUT2D eigenvalue weighted by Crippen LogP contribution is 2.27. The minimum Gasteiger partial charge on any atom is -0.388 e. The van der Waals surface area contributed by atoms with Crippen molar-refractivity contribution in [2.24, 2.45) is 0 Å². The molecule has 0 aliphatic heterocycles. The highest BCUT2D eigenvalue weighted by molar-refractivity contribution is 7.98. The van der Waals surface area contributed by atoms with E-state index in [1.807, 2.05) is 13.1 Å². The van der Waals surface area contributed by atoms with Gasteiger partial charge in [0.1, 0.15) is 0 Å². The second-order valence-electron chi connectivity index (χ2n) is 4.16. The summed E-state index contributed by atoms with van der Waals surface area (Å²) in [5.41, 5.74) is 1.72. The van der Waals surface area contributed by atoms with Crippen LogP contribution in [0.25, 0.3) is 0 Å². The molecule has 18 heavy (non-hydrogen) atoms. The summed E-state index contributed by atoms with van der Waals surface area (Å²) in [5, 5.41) is 13.8. The molecular formula is C12H19N3O2S. The third-order valence-corrected chi connectivity index (χ3v) is 3.69. The van der Waals surface area contributed by atoms with Crippen molar-refractivity contribution in [1.29, 1.82) is 0 Å². The van der Waals surface area contributed by atoms with Crippen molar-refractivity contribution in [2.45, 2.75) is 13.0 Å². The van der Waals surface area contributed by atoms with Gasteiger partial charge in [-0.05, 0) is 19.2 Å². The lowest BCUT2D eigenvalue weighted by atomic mass is 10.2. The summed E-state index contributed by atoms with van der Waals surface area (Å²) in [7, 11) is 3.72. The van der Waals surface area contributed by atoms with E-state index in [2.05, 4.69) is 23.4 Å². The summed E-state index contributed by atoms with van der Waals surface area (Å²) in [6.07, 6.45) is 2.05. The van der Waals surface area contributed by atoms with Gasteiger partial charge >= 0.3 is 0 Å². The lowest BCUT2D eigenvalue weighted by Crippen LogP contribution is -2.30. The molecule has 1 atom stereocenters. The zero-order chi connectivity index (χ0) is 13.7. The molecule has 1 aromatic rings. The molecule has 0 radical (unpaired) electrons. The maximum Gasteiger partial charge on any atom is 0.273 e. The standard InChI is InChI=1S/C12H19N3O2S/c1-9(8-18-4)14(3)11-5-10(13-2)6-12(7-11)15(16)17/h5-7,9,13H,8H2,1-4H3. The van der Waals surface area contributed by atoms with E-state index in [1.54, 1.807) is 24.9 Å². The molecule has 1 aromatic carbocycles. The first kappa shape index (κ1) is 14.6. The van der Waals surface area contributed by atoms with E-state index in [-0.39, 0.29) is 10.6 Å². The van der Waals surface area contributed by atoms with Gasteiger partial charge in [0.05, 0.1) is 4.92 Å². The van der Waals surface area contributed by atoms with Crippen LogP contribution in [0.5, 0.6) is 0 Å². The van der Waals surface area contributed by atoms with E-state index >= 15 is 0 Å². The molecule has 0 bridgehead atoms. The molecule has 0 fully saturated rings. The fraction of sp³-hybridized carbons (Fsp3) is 0.500. The molecule has 1 rings (SSSR count). The van der Waals surface area contributed by atoms with Crippen molar-refractivity contribution in [3.05, 3.63) is 28.3 Å². The van der Waals surface area contributed by atoms with Crippen LogP contribution in [-0.4, -0.2) is 37.1 Å². The van der Waals surface area contributed by atoms with Gasteiger partial charge in [-0.1, -0.05) is 0 Å². The van der Waals surface area contributed by atoms with Gasteiger partial charge in [0, 0.05) is 49.4 Å². The van der Waals surface area contributed by atoms with Crippen LogP contribution in [0.3, 0.4) is 0 Å². The van der Waals surface area contributed by atoms with Crippen molar-refractivity contribution in [2.75, 3.05) is 36.3 Å². The Morgan fingerprint density at radius 3 is 2.67 bits per heavy atom. The molecular weight excluding hydrogens is 250 g/mol. The predicted molar refractivity (Wildman–Crippen MR) is 78.9 cm³/mol. The Morgan fingerprint density at radius 2 is 2.17 bits per heavy atom. The summed E-state index contributed by atoms with van der Waals surface area (Å²) < 4.78 is 0. The van der Waals surface area contributed by atoms with E-state index in [1.165, 1.54) is 6.07 Å². The molecule has 0 amide bonds. The van der Waals surface area contributed by atoms with Crippen molar-refractivity contribution >= 4 is 28.8 Å². The number of nitrogens with one attached hydrogen (secondary N) is 1. The average Bonchev–Trinajstić information content (AvgIpc) is 2.37. The van der Waals surface area contributed by atoms with Gasteiger partial charge in [-0.3, -0.25) is 10.1 Å². The minimum absolute atomic E-state index is 0.111. The molecule has 0 aromatic heterocycles. The Kier molecular flexibility index (Phi) is 5.27. The summed E-state index contributed by atoms with van der Waals surface area (Å²) in [4.78, 5) is 12.6. The third kappa shape index (κ3) is 3.53. The first-order chi connectivity index (χ1) is 8.49. The van der Waals surface area contributed by atoms with E-state index in [4.69, 9.17) is 0 Å². The Balaban J connectivity index is 3.07. The number of nitro groups is 1. The van der Waals surface area contributed by atoms with Crippen LogP contribution >= 0.6 is 11.8 Å². The Labute approximate surface area is 112 Å². The first-order valence-corrected chi connectivity index (χ1v) is 7.08. The van der Waals surface area contributed by atoms with Crippen LogP contribution in [0.15, 0.2) is 18.2 Å². The Morgan fingerprint density at radius 1 is 1.50 bits per heavy atom. The fourth-order valence-electron chi connectivity index (χ4n) is 1.66. The normalized spacial score (nSPS) is 12.0. The molecule has 0 aliphatic rings. The smallest absolute Gasteiger partial charge is 0.273 e. The van der Waals surface area contributed by atoms with Gasteiger partial charge in [0.2, 0.25) is 0 Å². The van der Waals surface area contributed by atoms with Crippen LogP contribution in [0.2, 0.25) is 0 Å². The monoisotopic (exact) mass is 269 g/mol.